The standard InChI is InChI=1S/C17H16F3N3O/c18-17(19,20)13-6-4-12(5-7-13)11-23(14-8-9-14)16(24)22-15-3-1-2-10-21-15/h1-7,10,14H,8-9,11H2,(H,21,22,24). The van der Waals surface area contributed by atoms with Crippen LogP contribution >= 0.6 is 0 Å². The predicted octanol–water partition coefficient (Wildman–Crippen LogP) is 4.30. The van der Waals surface area contributed by atoms with Crippen molar-refractivity contribution >= 4 is 11.8 Å². The summed E-state index contributed by atoms with van der Waals surface area (Å²) in [4.78, 5) is 18.1. The lowest BCUT2D eigenvalue weighted by molar-refractivity contribution is -0.137. The molecule has 126 valence electrons. The molecule has 1 aliphatic rings. The molecular weight excluding hydrogens is 319 g/mol. The first-order valence-electron chi connectivity index (χ1n) is 7.58. The third kappa shape index (κ3) is 4.04. The van der Waals surface area contributed by atoms with Crippen LogP contribution in [0.25, 0.3) is 0 Å². The fraction of sp³-hybridized carbons (Fsp3) is 0.294. The lowest BCUT2D eigenvalue weighted by Gasteiger charge is -2.23. The highest BCUT2D eigenvalue weighted by atomic mass is 19.4. The van der Waals surface area contributed by atoms with Crippen LogP contribution in [0.3, 0.4) is 0 Å². The molecule has 0 radical (unpaired) electrons. The quantitative estimate of drug-likeness (QED) is 0.905. The molecule has 1 aliphatic carbocycles. The van der Waals surface area contributed by atoms with Crippen molar-refractivity contribution in [1.82, 2.24) is 9.88 Å². The van der Waals surface area contributed by atoms with E-state index in [2.05, 4.69) is 10.3 Å². The van der Waals surface area contributed by atoms with Crippen LogP contribution in [0.5, 0.6) is 0 Å². The monoisotopic (exact) mass is 335 g/mol. The van der Waals surface area contributed by atoms with E-state index in [1.54, 1.807) is 29.3 Å². The average molecular weight is 335 g/mol. The minimum atomic E-state index is -4.36. The Kier molecular flexibility index (Phi) is 4.42. The molecule has 2 amide bonds. The van der Waals surface area contributed by atoms with Crippen molar-refractivity contribution in [2.75, 3.05) is 5.32 Å². The third-order valence-electron chi connectivity index (χ3n) is 3.78. The number of halogens is 3. The summed E-state index contributed by atoms with van der Waals surface area (Å²) >= 11 is 0. The van der Waals surface area contributed by atoms with E-state index in [4.69, 9.17) is 0 Å². The summed E-state index contributed by atoms with van der Waals surface area (Å²) in [6.45, 7) is 0.265. The Hall–Kier alpha value is -2.57. The van der Waals surface area contributed by atoms with Crippen LogP contribution in [-0.4, -0.2) is 22.0 Å². The van der Waals surface area contributed by atoms with Gasteiger partial charge in [-0.1, -0.05) is 18.2 Å². The zero-order valence-corrected chi connectivity index (χ0v) is 12.8. The third-order valence-corrected chi connectivity index (χ3v) is 3.78. The number of rotatable bonds is 4. The smallest absolute Gasteiger partial charge is 0.317 e. The Morgan fingerprint density at radius 2 is 1.88 bits per heavy atom. The zero-order chi connectivity index (χ0) is 17.2. The van der Waals surface area contributed by atoms with Gasteiger partial charge in [0.25, 0.3) is 0 Å². The SMILES string of the molecule is O=C(Nc1ccccn1)N(Cc1ccc(C(F)(F)F)cc1)C1CC1. The number of pyridine rings is 1. The Morgan fingerprint density at radius 1 is 1.17 bits per heavy atom. The molecule has 1 aromatic carbocycles. The van der Waals surface area contributed by atoms with Crippen LogP contribution in [0, 0.1) is 0 Å². The highest BCUT2D eigenvalue weighted by Gasteiger charge is 2.33. The normalized spacial score (nSPS) is 14.3. The molecule has 0 atom stereocenters. The number of aromatic nitrogens is 1. The van der Waals surface area contributed by atoms with Gasteiger partial charge in [-0.15, -0.1) is 0 Å². The minimum Gasteiger partial charge on any atom is -0.317 e. The average Bonchev–Trinajstić information content (AvgIpc) is 3.38. The van der Waals surface area contributed by atoms with Crippen molar-refractivity contribution in [3.05, 3.63) is 59.8 Å². The summed E-state index contributed by atoms with van der Waals surface area (Å²) in [5.74, 6) is 0.445. The number of nitrogens with one attached hydrogen (secondary N) is 1. The fourth-order valence-electron chi connectivity index (χ4n) is 2.37. The second-order valence-corrected chi connectivity index (χ2v) is 5.70. The van der Waals surface area contributed by atoms with Gasteiger partial charge in [-0.25, -0.2) is 9.78 Å². The second kappa shape index (κ2) is 6.51. The van der Waals surface area contributed by atoms with Crippen molar-refractivity contribution in [1.29, 1.82) is 0 Å². The Morgan fingerprint density at radius 3 is 2.42 bits per heavy atom. The van der Waals surface area contributed by atoms with Crippen LogP contribution in [0.15, 0.2) is 48.7 Å². The maximum Gasteiger partial charge on any atom is 0.416 e. The maximum absolute atomic E-state index is 12.6. The number of carbonyl (C=O) groups excluding carboxylic acids is 1. The van der Waals surface area contributed by atoms with Crippen molar-refractivity contribution in [3.8, 4) is 0 Å². The molecule has 4 nitrogen and oxygen atoms in total. The van der Waals surface area contributed by atoms with E-state index in [0.717, 1.165) is 25.0 Å². The van der Waals surface area contributed by atoms with Crippen LogP contribution in [-0.2, 0) is 12.7 Å². The number of nitrogens with zero attached hydrogens (tertiary/aromatic N) is 2. The van der Waals surface area contributed by atoms with Gasteiger partial charge < -0.3 is 4.90 Å². The first-order chi connectivity index (χ1) is 11.4. The molecule has 24 heavy (non-hydrogen) atoms. The molecule has 0 saturated heterocycles. The number of hydrogen-bond acceptors (Lipinski definition) is 2. The summed E-state index contributed by atoms with van der Waals surface area (Å²) in [6, 6.07) is 9.91. The van der Waals surface area contributed by atoms with Crippen LogP contribution in [0.2, 0.25) is 0 Å². The molecule has 7 heteroatoms. The van der Waals surface area contributed by atoms with E-state index < -0.39 is 11.7 Å². The van der Waals surface area contributed by atoms with Gasteiger partial charge in [-0.2, -0.15) is 13.2 Å². The van der Waals surface area contributed by atoms with Crippen LogP contribution < -0.4 is 5.32 Å². The Balaban J connectivity index is 1.69. The first kappa shape index (κ1) is 16.3. The highest BCUT2D eigenvalue weighted by Crippen LogP contribution is 2.31. The molecule has 0 unspecified atom stereocenters. The van der Waals surface area contributed by atoms with Gasteiger partial charge in [-0.05, 0) is 42.7 Å². The van der Waals surface area contributed by atoms with E-state index in [9.17, 15) is 18.0 Å². The zero-order valence-electron chi connectivity index (χ0n) is 12.8. The van der Waals surface area contributed by atoms with Gasteiger partial charge in [0.2, 0.25) is 0 Å². The number of carbonyl (C=O) groups is 1. The number of benzene rings is 1. The molecule has 1 saturated carbocycles. The maximum atomic E-state index is 12.6. The molecule has 0 spiro atoms. The highest BCUT2D eigenvalue weighted by molar-refractivity contribution is 5.88. The summed E-state index contributed by atoms with van der Waals surface area (Å²) in [6.07, 6.45) is -0.982. The van der Waals surface area contributed by atoms with E-state index >= 15 is 0 Å². The van der Waals surface area contributed by atoms with Crippen molar-refractivity contribution in [2.24, 2.45) is 0 Å². The first-order valence-corrected chi connectivity index (χ1v) is 7.58. The molecule has 1 aromatic heterocycles. The summed E-state index contributed by atoms with van der Waals surface area (Å²) in [5, 5.41) is 2.72. The number of alkyl halides is 3. The summed E-state index contributed by atoms with van der Waals surface area (Å²) < 4.78 is 37.8. The summed E-state index contributed by atoms with van der Waals surface area (Å²) in [5.41, 5.74) is -0.0340. The molecular formula is C17H16F3N3O. The minimum absolute atomic E-state index is 0.121. The van der Waals surface area contributed by atoms with Gasteiger partial charge in [-0.3, -0.25) is 5.32 Å². The Bertz CT molecular complexity index is 697. The largest absolute Gasteiger partial charge is 0.416 e. The molecule has 3 rings (SSSR count). The van der Waals surface area contributed by atoms with E-state index in [1.807, 2.05) is 0 Å². The fourth-order valence-corrected chi connectivity index (χ4v) is 2.37. The molecule has 1 heterocycles. The molecule has 1 N–H and O–H groups in total. The van der Waals surface area contributed by atoms with E-state index in [-0.39, 0.29) is 18.6 Å². The van der Waals surface area contributed by atoms with Gasteiger partial charge in [0.1, 0.15) is 5.82 Å². The molecule has 0 bridgehead atoms. The number of hydrogen-bond donors (Lipinski definition) is 1. The van der Waals surface area contributed by atoms with Gasteiger partial charge in [0, 0.05) is 18.8 Å². The van der Waals surface area contributed by atoms with Gasteiger partial charge >= 0.3 is 12.2 Å². The topological polar surface area (TPSA) is 45.2 Å². The van der Waals surface area contributed by atoms with E-state index in [1.165, 1.54) is 12.1 Å². The number of anilines is 1. The van der Waals surface area contributed by atoms with Crippen molar-refractivity contribution < 1.29 is 18.0 Å². The second-order valence-electron chi connectivity index (χ2n) is 5.70. The van der Waals surface area contributed by atoms with Crippen molar-refractivity contribution in [3.63, 3.8) is 0 Å². The number of amides is 2. The van der Waals surface area contributed by atoms with Gasteiger partial charge in [0.15, 0.2) is 0 Å². The number of urea groups is 1. The van der Waals surface area contributed by atoms with E-state index in [0.29, 0.717) is 11.4 Å². The van der Waals surface area contributed by atoms with Crippen LogP contribution in [0.1, 0.15) is 24.0 Å². The lowest BCUT2D eigenvalue weighted by Crippen LogP contribution is -2.36. The molecule has 0 aliphatic heterocycles. The lowest BCUT2D eigenvalue weighted by atomic mass is 10.1. The molecule has 2 aromatic rings. The van der Waals surface area contributed by atoms with Crippen LogP contribution in [0.4, 0.5) is 23.8 Å². The Labute approximate surface area is 137 Å². The van der Waals surface area contributed by atoms with Gasteiger partial charge in [0.05, 0.1) is 5.56 Å². The predicted molar refractivity (Wildman–Crippen MR) is 83.3 cm³/mol. The van der Waals surface area contributed by atoms with Crippen molar-refractivity contribution in [2.45, 2.75) is 31.6 Å². The summed E-state index contributed by atoms with van der Waals surface area (Å²) in [7, 11) is 0. The molecule has 1 fully saturated rings.